The predicted octanol–water partition coefficient (Wildman–Crippen LogP) is 2.51. The number of piperazine rings is 1. The molecule has 0 bridgehead atoms. The van der Waals surface area contributed by atoms with Crippen molar-refractivity contribution in [2.45, 2.75) is 32.9 Å². The molecule has 0 saturated carbocycles. The fourth-order valence-corrected chi connectivity index (χ4v) is 2.71. The molecule has 1 atom stereocenters. The van der Waals surface area contributed by atoms with Crippen LogP contribution < -0.4 is 5.32 Å². The van der Waals surface area contributed by atoms with Crippen molar-refractivity contribution in [1.29, 1.82) is 0 Å². The van der Waals surface area contributed by atoms with Gasteiger partial charge in [-0.05, 0) is 32.9 Å². The van der Waals surface area contributed by atoms with Gasteiger partial charge in [-0.2, -0.15) is 0 Å². The first-order chi connectivity index (χ1) is 9.15. The molecule has 1 fully saturated rings. The maximum atomic E-state index is 3.57. The van der Waals surface area contributed by atoms with Gasteiger partial charge in [0, 0.05) is 50.5 Å². The molecule has 3 nitrogen and oxygen atoms in total. The van der Waals surface area contributed by atoms with Crippen LogP contribution >= 0.6 is 0 Å². The molecule has 1 aromatic carbocycles. The minimum absolute atomic E-state index is 0.494. The lowest BCUT2D eigenvalue weighted by Gasteiger charge is -2.38. The summed E-state index contributed by atoms with van der Waals surface area (Å²) in [5.41, 5.74) is 1.22. The van der Waals surface area contributed by atoms with Gasteiger partial charge in [0.2, 0.25) is 0 Å². The summed E-state index contributed by atoms with van der Waals surface area (Å²) in [6.07, 6.45) is 0. The summed E-state index contributed by atoms with van der Waals surface area (Å²) >= 11 is 0. The van der Waals surface area contributed by atoms with E-state index in [1.54, 1.807) is 0 Å². The molecule has 1 N–H and O–H groups in total. The van der Waals surface area contributed by atoms with Crippen molar-refractivity contribution >= 4 is 5.69 Å². The van der Waals surface area contributed by atoms with Gasteiger partial charge in [-0.15, -0.1) is 0 Å². The SMILES string of the molecule is CC(CN1CCN(C(C)C)CC1)Nc1ccccc1. The normalized spacial score (nSPS) is 19.6. The van der Waals surface area contributed by atoms with E-state index in [0.29, 0.717) is 12.1 Å². The molecule has 1 aromatic rings. The average Bonchev–Trinajstić information content (AvgIpc) is 2.40. The molecule has 0 amide bonds. The fourth-order valence-electron chi connectivity index (χ4n) is 2.71. The zero-order valence-corrected chi connectivity index (χ0v) is 12.5. The van der Waals surface area contributed by atoms with Crippen LogP contribution in [-0.2, 0) is 0 Å². The lowest BCUT2D eigenvalue weighted by atomic mass is 10.2. The standard InChI is InChI=1S/C16H27N3/c1-14(2)19-11-9-18(10-12-19)13-15(3)17-16-7-5-4-6-8-16/h4-8,14-15,17H,9-13H2,1-3H3. The number of nitrogens with one attached hydrogen (secondary N) is 1. The van der Waals surface area contributed by atoms with E-state index in [4.69, 9.17) is 0 Å². The maximum Gasteiger partial charge on any atom is 0.0360 e. The van der Waals surface area contributed by atoms with E-state index in [1.807, 2.05) is 0 Å². The third-order valence-electron chi connectivity index (χ3n) is 3.86. The molecule has 3 heteroatoms. The quantitative estimate of drug-likeness (QED) is 0.878. The lowest BCUT2D eigenvalue weighted by Crippen LogP contribution is -2.50. The lowest BCUT2D eigenvalue weighted by molar-refractivity contribution is 0.107. The summed E-state index contributed by atoms with van der Waals surface area (Å²) in [6.45, 7) is 12.8. The van der Waals surface area contributed by atoms with Gasteiger partial charge >= 0.3 is 0 Å². The highest BCUT2D eigenvalue weighted by molar-refractivity contribution is 5.43. The Labute approximate surface area is 117 Å². The molecule has 1 aliphatic rings. The highest BCUT2D eigenvalue weighted by Gasteiger charge is 2.19. The van der Waals surface area contributed by atoms with Gasteiger partial charge in [-0.3, -0.25) is 9.80 Å². The summed E-state index contributed by atoms with van der Waals surface area (Å²) in [7, 11) is 0. The van der Waals surface area contributed by atoms with Crippen molar-refractivity contribution in [3.05, 3.63) is 30.3 Å². The van der Waals surface area contributed by atoms with Gasteiger partial charge in [0.15, 0.2) is 0 Å². The van der Waals surface area contributed by atoms with E-state index >= 15 is 0 Å². The Morgan fingerprint density at radius 3 is 2.21 bits per heavy atom. The number of nitrogens with zero attached hydrogens (tertiary/aromatic N) is 2. The second-order valence-corrected chi connectivity index (χ2v) is 5.84. The Hall–Kier alpha value is -1.06. The number of hydrogen-bond acceptors (Lipinski definition) is 3. The summed E-state index contributed by atoms with van der Waals surface area (Å²) in [4.78, 5) is 5.13. The van der Waals surface area contributed by atoms with Gasteiger partial charge in [0.1, 0.15) is 0 Å². The van der Waals surface area contributed by atoms with Crippen LogP contribution in [0.2, 0.25) is 0 Å². The summed E-state index contributed by atoms with van der Waals surface area (Å²) in [5.74, 6) is 0. The topological polar surface area (TPSA) is 18.5 Å². The van der Waals surface area contributed by atoms with Crippen molar-refractivity contribution in [1.82, 2.24) is 9.80 Å². The van der Waals surface area contributed by atoms with Gasteiger partial charge in [0.05, 0.1) is 0 Å². The van der Waals surface area contributed by atoms with Gasteiger partial charge in [-0.25, -0.2) is 0 Å². The molecule has 2 rings (SSSR count). The summed E-state index contributed by atoms with van der Waals surface area (Å²) < 4.78 is 0. The molecule has 106 valence electrons. The molecule has 0 radical (unpaired) electrons. The number of para-hydroxylation sites is 1. The van der Waals surface area contributed by atoms with Crippen LogP contribution in [0.15, 0.2) is 30.3 Å². The van der Waals surface area contributed by atoms with E-state index in [1.165, 1.54) is 31.9 Å². The Morgan fingerprint density at radius 2 is 1.63 bits per heavy atom. The second kappa shape index (κ2) is 6.92. The monoisotopic (exact) mass is 261 g/mol. The third kappa shape index (κ3) is 4.51. The number of rotatable bonds is 5. The maximum absolute atomic E-state index is 3.57. The van der Waals surface area contributed by atoms with Crippen LogP contribution in [-0.4, -0.2) is 54.6 Å². The molecule has 0 aliphatic carbocycles. The van der Waals surface area contributed by atoms with Crippen LogP contribution in [0.5, 0.6) is 0 Å². The molecule has 0 spiro atoms. The average molecular weight is 261 g/mol. The Morgan fingerprint density at radius 1 is 1.00 bits per heavy atom. The highest BCUT2D eigenvalue weighted by Crippen LogP contribution is 2.10. The molecule has 1 saturated heterocycles. The van der Waals surface area contributed by atoms with Gasteiger partial charge in [-0.1, -0.05) is 18.2 Å². The minimum Gasteiger partial charge on any atom is -0.381 e. The molecule has 1 unspecified atom stereocenters. The number of hydrogen-bond donors (Lipinski definition) is 1. The zero-order valence-electron chi connectivity index (χ0n) is 12.5. The second-order valence-electron chi connectivity index (χ2n) is 5.84. The first-order valence-corrected chi connectivity index (χ1v) is 7.43. The van der Waals surface area contributed by atoms with Crippen LogP contribution in [0.1, 0.15) is 20.8 Å². The van der Waals surface area contributed by atoms with E-state index in [-0.39, 0.29) is 0 Å². The van der Waals surface area contributed by atoms with Crippen molar-refractivity contribution in [2.24, 2.45) is 0 Å². The summed E-state index contributed by atoms with van der Waals surface area (Å²) in [5, 5.41) is 3.57. The van der Waals surface area contributed by atoms with Crippen molar-refractivity contribution in [3.63, 3.8) is 0 Å². The molecule has 0 aromatic heterocycles. The van der Waals surface area contributed by atoms with E-state index in [9.17, 15) is 0 Å². The van der Waals surface area contributed by atoms with Crippen molar-refractivity contribution in [2.75, 3.05) is 38.0 Å². The van der Waals surface area contributed by atoms with E-state index in [0.717, 1.165) is 6.54 Å². The Bertz CT molecular complexity index is 356. The van der Waals surface area contributed by atoms with Gasteiger partial charge in [0.25, 0.3) is 0 Å². The zero-order chi connectivity index (χ0) is 13.7. The molecular weight excluding hydrogens is 234 g/mol. The van der Waals surface area contributed by atoms with Gasteiger partial charge < -0.3 is 5.32 Å². The predicted molar refractivity (Wildman–Crippen MR) is 82.7 cm³/mol. The Balaban J connectivity index is 1.73. The Kier molecular flexibility index (Phi) is 5.23. The molecule has 1 aliphatic heterocycles. The van der Waals surface area contributed by atoms with Crippen molar-refractivity contribution < 1.29 is 0 Å². The smallest absolute Gasteiger partial charge is 0.0360 e. The fraction of sp³-hybridized carbons (Fsp3) is 0.625. The van der Waals surface area contributed by atoms with Crippen LogP contribution in [0.4, 0.5) is 5.69 Å². The molecular formula is C16H27N3. The van der Waals surface area contributed by atoms with Crippen LogP contribution in [0.25, 0.3) is 0 Å². The minimum atomic E-state index is 0.494. The molecule has 1 heterocycles. The van der Waals surface area contributed by atoms with E-state index in [2.05, 4.69) is 66.2 Å². The van der Waals surface area contributed by atoms with Crippen LogP contribution in [0, 0.1) is 0 Å². The highest BCUT2D eigenvalue weighted by atomic mass is 15.3. The third-order valence-corrected chi connectivity index (χ3v) is 3.86. The van der Waals surface area contributed by atoms with E-state index < -0.39 is 0 Å². The first-order valence-electron chi connectivity index (χ1n) is 7.43. The molecule has 19 heavy (non-hydrogen) atoms. The first kappa shape index (κ1) is 14.4. The van der Waals surface area contributed by atoms with Crippen molar-refractivity contribution in [3.8, 4) is 0 Å². The largest absolute Gasteiger partial charge is 0.381 e. The summed E-state index contributed by atoms with van der Waals surface area (Å²) in [6, 6.07) is 11.7. The number of anilines is 1. The number of benzene rings is 1. The van der Waals surface area contributed by atoms with Crippen LogP contribution in [0.3, 0.4) is 0 Å².